The predicted molar refractivity (Wildman–Crippen MR) is 124 cm³/mol. The summed E-state index contributed by atoms with van der Waals surface area (Å²) >= 11 is 0. The molecule has 0 radical (unpaired) electrons. The van der Waals surface area contributed by atoms with Crippen LogP contribution in [0.4, 0.5) is 5.69 Å². The lowest BCUT2D eigenvalue weighted by Crippen LogP contribution is -2.38. The third kappa shape index (κ3) is 4.25. The number of benzene rings is 2. The summed E-state index contributed by atoms with van der Waals surface area (Å²) in [6.45, 7) is 0.274. The normalized spacial score (nSPS) is 12.8. The van der Waals surface area contributed by atoms with Crippen LogP contribution in [0.3, 0.4) is 0 Å². The molecule has 0 N–H and O–H groups in total. The van der Waals surface area contributed by atoms with Crippen molar-refractivity contribution in [2.24, 2.45) is 0 Å². The van der Waals surface area contributed by atoms with E-state index in [0.29, 0.717) is 17.8 Å². The van der Waals surface area contributed by atoms with E-state index in [-0.39, 0.29) is 18.1 Å². The average molecular weight is 438 g/mol. The van der Waals surface area contributed by atoms with Gasteiger partial charge in [0, 0.05) is 36.4 Å². The van der Waals surface area contributed by atoms with Crippen LogP contribution in [0.5, 0.6) is 0 Å². The number of pyridine rings is 1. The van der Waals surface area contributed by atoms with E-state index in [9.17, 15) is 9.59 Å². The van der Waals surface area contributed by atoms with Crippen molar-refractivity contribution >= 4 is 17.6 Å². The van der Waals surface area contributed by atoms with Gasteiger partial charge in [-0.3, -0.25) is 9.78 Å². The van der Waals surface area contributed by atoms with Gasteiger partial charge >= 0.3 is 5.97 Å². The Morgan fingerprint density at radius 3 is 2.61 bits per heavy atom. The smallest absolute Gasteiger partial charge is 0.342 e. The number of nitrogens with zero attached hydrogens (tertiary/aromatic N) is 4. The summed E-state index contributed by atoms with van der Waals surface area (Å²) in [5.74, 6) is -0.844. The summed E-state index contributed by atoms with van der Waals surface area (Å²) in [7, 11) is 0. The van der Waals surface area contributed by atoms with Crippen LogP contribution in [0.15, 0.2) is 85.3 Å². The molecule has 0 unspecified atom stereocenters. The second-order valence-electron chi connectivity index (χ2n) is 7.77. The van der Waals surface area contributed by atoms with Crippen LogP contribution in [-0.2, 0) is 16.0 Å². The Labute approximate surface area is 191 Å². The first-order valence-electron chi connectivity index (χ1n) is 10.8. The molecular weight excluding hydrogens is 416 g/mol. The standard InChI is InChI=1S/C26H22N4O3/c31-24(29-15-7-10-19-8-4-5-13-23(19)29)18-33-26(32)22-17-30(21-11-2-1-3-12-21)28-25(22)20-9-6-14-27-16-20/h1-6,8-9,11-14,16-17H,7,10,15,18H2. The van der Waals surface area contributed by atoms with Gasteiger partial charge in [0.1, 0.15) is 11.3 Å². The highest BCUT2D eigenvalue weighted by atomic mass is 16.5. The molecular formula is C26H22N4O3. The molecule has 0 saturated carbocycles. The van der Waals surface area contributed by atoms with Crippen molar-refractivity contribution in [3.8, 4) is 16.9 Å². The van der Waals surface area contributed by atoms with Crippen molar-refractivity contribution in [1.82, 2.24) is 14.8 Å². The monoisotopic (exact) mass is 438 g/mol. The first-order valence-corrected chi connectivity index (χ1v) is 10.8. The van der Waals surface area contributed by atoms with Gasteiger partial charge in [-0.05, 0) is 48.7 Å². The van der Waals surface area contributed by atoms with Gasteiger partial charge in [0.2, 0.25) is 0 Å². The van der Waals surface area contributed by atoms with Crippen LogP contribution in [0.2, 0.25) is 0 Å². The molecule has 5 rings (SSSR count). The number of ether oxygens (including phenoxy) is 1. The van der Waals surface area contributed by atoms with E-state index < -0.39 is 5.97 Å². The van der Waals surface area contributed by atoms with E-state index >= 15 is 0 Å². The minimum absolute atomic E-state index is 0.242. The first-order chi connectivity index (χ1) is 16.2. The number of fused-ring (bicyclic) bond motifs is 1. The maximum Gasteiger partial charge on any atom is 0.342 e. The van der Waals surface area contributed by atoms with Crippen LogP contribution < -0.4 is 4.90 Å². The molecule has 1 amide bonds. The number of anilines is 1. The third-order valence-corrected chi connectivity index (χ3v) is 5.63. The lowest BCUT2D eigenvalue weighted by atomic mass is 10.0. The number of hydrogen-bond acceptors (Lipinski definition) is 5. The number of rotatable bonds is 5. The fourth-order valence-corrected chi connectivity index (χ4v) is 4.03. The summed E-state index contributed by atoms with van der Waals surface area (Å²) in [6.07, 6.45) is 6.74. The maximum atomic E-state index is 13.0. The molecule has 0 aliphatic carbocycles. The largest absolute Gasteiger partial charge is 0.452 e. The molecule has 0 atom stereocenters. The van der Waals surface area contributed by atoms with Gasteiger partial charge < -0.3 is 9.64 Å². The van der Waals surface area contributed by atoms with Gasteiger partial charge in [-0.2, -0.15) is 5.10 Å². The minimum atomic E-state index is -0.602. The summed E-state index contributed by atoms with van der Waals surface area (Å²) in [6, 6.07) is 20.9. The Morgan fingerprint density at radius 2 is 1.79 bits per heavy atom. The summed E-state index contributed by atoms with van der Waals surface area (Å²) in [5, 5.41) is 4.60. The van der Waals surface area contributed by atoms with Crippen LogP contribution in [-0.4, -0.2) is 39.8 Å². The molecule has 0 fully saturated rings. The number of para-hydroxylation sites is 2. The number of aryl methyl sites for hydroxylation is 1. The minimum Gasteiger partial charge on any atom is -0.452 e. The number of aromatic nitrogens is 3. The second kappa shape index (κ2) is 9.08. The Balaban J connectivity index is 1.38. The van der Waals surface area contributed by atoms with E-state index in [1.807, 2.05) is 60.7 Å². The highest BCUT2D eigenvalue weighted by Crippen LogP contribution is 2.27. The number of esters is 1. The number of carbonyl (C=O) groups excluding carboxylic acids is 2. The number of hydrogen-bond donors (Lipinski definition) is 0. The second-order valence-corrected chi connectivity index (χ2v) is 7.77. The fourth-order valence-electron chi connectivity index (χ4n) is 4.03. The van der Waals surface area contributed by atoms with Gasteiger partial charge in [0.15, 0.2) is 6.61 Å². The average Bonchev–Trinajstić information content (AvgIpc) is 3.33. The molecule has 1 aliphatic heterocycles. The molecule has 4 aromatic rings. The molecule has 1 aliphatic rings. The first kappa shape index (κ1) is 20.6. The summed E-state index contributed by atoms with van der Waals surface area (Å²) in [4.78, 5) is 31.8. The van der Waals surface area contributed by atoms with Crippen molar-refractivity contribution < 1.29 is 14.3 Å². The lowest BCUT2D eigenvalue weighted by molar-refractivity contribution is -0.121. The Morgan fingerprint density at radius 1 is 0.970 bits per heavy atom. The third-order valence-electron chi connectivity index (χ3n) is 5.63. The Bertz CT molecular complexity index is 1290. The zero-order chi connectivity index (χ0) is 22.6. The Hall–Kier alpha value is -4.26. The van der Waals surface area contributed by atoms with E-state index in [1.165, 1.54) is 0 Å². The number of carbonyl (C=O) groups is 2. The van der Waals surface area contributed by atoms with E-state index in [1.54, 1.807) is 34.2 Å². The maximum absolute atomic E-state index is 13.0. The summed E-state index contributed by atoms with van der Waals surface area (Å²) < 4.78 is 7.09. The van der Waals surface area contributed by atoms with Gasteiger partial charge in [0.25, 0.3) is 5.91 Å². The zero-order valence-electron chi connectivity index (χ0n) is 17.9. The topological polar surface area (TPSA) is 77.3 Å². The van der Waals surface area contributed by atoms with Gasteiger partial charge in [-0.25, -0.2) is 9.48 Å². The van der Waals surface area contributed by atoms with Crippen molar-refractivity contribution in [1.29, 1.82) is 0 Å². The lowest BCUT2D eigenvalue weighted by Gasteiger charge is -2.29. The molecule has 2 aromatic heterocycles. The molecule has 0 saturated heterocycles. The summed E-state index contributed by atoms with van der Waals surface area (Å²) in [5.41, 5.74) is 4.24. The highest BCUT2D eigenvalue weighted by Gasteiger charge is 2.25. The van der Waals surface area contributed by atoms with E-state index in [0.717, 1.165) is 29.8 Å². The van der Waals surface area contributed by atoms with Crippen LogP contribution in [0, 0.1) is 0 Å². The fraction of sp³-hybridized carbons (Fsp3) is 0.154. The zero-order valence-corrected chi connectivity index (χ0v) is 17.9. The van der Waals surface area contributed by atoms with Crippen molar-refractivity contribution in [3.05, 3.63) is 96.4 Å². The van der Waals surface area contributed by atoms with Gasteiger partial charge in [-0.15, -0.1) is 0 Å². The molecule has 0 spiro atoms. The molecule has 0 bridgehead atoms. The molecule has 7 heteroatoms. The molecule has 164 valence electrons. The molecule has 3 heterocycles. The quantitative estimate of drug-likeness (QED) is 0.439. The van der Waals surface area contributed by atoms with Gasteiger partial charge in [0.05, 0.1) is 5.69 Å². The Kier molecular flexibility index (Phi) is 5.68. The predicted octanol–water partition coefficient (Wildman–Crippen LogP) is 4.07. The van der Waals surface area contributed by atoms with Crippen molar-refractivity contribution in [2.75, 3.05) is 18.1 Å². The SMILES string of the molecule is O=C(OCC(=O)N1CCCc2ccccc21)c1cn(-c2ccccc2)nc1-c1cccnc1. The number of amides is 1. The molecule has 2 aromatic carbocycles. The van der Waals surface area contributed by atoms with Gasteiger partial charge in [-0.1, -0.05) is 36.4 Å². The molecule has 33 heavy (non-hydrogen) atoms. The van der Waals surface area contributed by atoms with Crippen molar-refractivity contribution in [2.45, 2.75) is 12.8 Å². The molecule has 7 nitrogen and oxygen atoms in total. The van der Waals surface area contributed by atoms with Crippen LogP contribution in [0.1, 0.15) is 22.3 Å². The van der Waals surface area contributed by atoms with Crippen LogP contribution in [0.25, 0.3) is 16.9 Å². The van der Waals surface area contributed by atoms with E-state index in [4.69, 9.17) is 4.74 Å². The van der Waals surface area contributed by atoms with E-state index in [2.05, 4.69) is 10.1 Å². The van der Waals surface area contributed by atoms with Crippen molar-refractivity contribution in [3.63, 3.8) is 0 Å². The highest BCUT2D eigenvalue weighted by molar-refractivity contribution is 6.00. The van der Waals surface area contributed by atoms with Crippen LogP contribution >= 0.6 is 0 Å².